The number of ether oxygens (including phenoxy) is 1. The summed E-state index contributed by atoms with van der Waals surface area (Å²) in [7, 11) is 0. The summed E-state index contributed by atoms with van der Waals surface area (Å²) < 4.78 is 5.98. The molecule has 1 fully saturated rings. The average molecular weight is 233 g/mol. The van der Waals surface area contributed by atoms with Crippen LogP contribution in [0.25, 0.3) is 0 Å². The van der Waals surface area contributed by atoms with E-state index in [2.05, 4.69) is 43.4 Å². The molecular weight excluding hydrogens is 210 g/mol. The summed E-state index contributed by atoms with van der Waals surface area (Å²) in [5.74, 6) is 1.73. The maximum atomic E-state index is 5.98. The van der Waals surface area contributed by atoms with E-state index in [0.717, 1.165) is 38.1 Å². The van der Waals surface area contributed by atoms with Crippen molar-refractivity contribution in [3.8, 4) is 5.75 Å². The van der Waals surface area contributed by atoms with Crippen molar-refractivity contribution in [3.05, 3.63) is 29.8 Å². The fourth-order valence-corrected chi connectivity index (χ4v) is 2.28. The first-order valence-corrected chi connectivity index (χ1v) is 6.70. The quantitative estimate of drug-likeness (QED) is 0.863. The van der Waals surface area contributed by atoms with E-state index in [1.165, 1.54) is 5.56 Å². The van der Waals surface area contributed by atoms with Crippen LogP contribution < -0.4 is 10.1 Å². The lowest BCUT2D eigenvalue weighted by Crippen LogP contribution is -2.34. The summed E-state index contributed by atoms with van der Waals surface area (Å²) in [6.45, 7) is 6.66. The van der Waals surface area contributed by atoms with Crippen molar-refractivity contribution in [2.45, 2.75) is 39.2 Å². The SMILES string of the molecule is CC(C)Cc1ccc(OC2CCNCC2)cc1. The van der Waals surface area contributed by atoms with Crippen molar-refractivity contribution in [2.24, 2.45) is 5.92 Å². The van der Waals surface area contributed by atoms with Gasteiger partial charge in [-0.25, -0.2) is 0 Å². The molecule has 1 saturated heterocycles. The summed E-state index contributed by atoms with van der Waals surface area (Å²) >= 11 is 0. The second kappa shape index (κ2) is 6.06. The van der Waals surface area contributed by atoms with Crippen LogP contribution in [0.15, 0.2) is 24.3 Å². The normalized spacial score (nSPS) is 17.4. The standard InChI is InChI=1S/C15H23NO/c1-12(2)11-13-3-5-14(6-4-13)17-15-7-9-16-10-8-15/h3-6,12,15-16H,7-11H2,1-2H3. The molecule has 0 saturated carbocycles. The molecule has 94 valence electrons. The Bertz CT molecular complexity index is 325. The van der Waals surface area contributed by atoms with Crippen LogP contribution in [0.3, 0.4) is 0 Å². The van der Waals surface area contributed by atoms with Gasteiger partial charge in [0.25, 0.3) is 0 Å². The van der Waals surface area contributed by atoms with Gasteiger partial charge in [0.2, 0.25) is 0 Å². The third-order valence-corrected chi connectivity index (χ3v) is 3.16. The molecule has 0 unspecified atom stereocenters. The van der Waals surface area contributed by atoms with Gasteiger partial charge in [-0.2, -0.15) is 0 Å². The van der Waals surface area contributed by atoms with E-state index in [1.54, 1.807) is 0 Å². The minimum atomic E-state index is 0.396. The van der Waals surface area contributed by atoms with Crippen molar-refractivity contribution >= 4 is 0 Å². The number of rotatable bonds is 4. The predicted octanol–water partition coefficient (Wildman–Crippen LogP) is 3.02. The minimum absolute atomic E-state index is 0.396. The summed E-state index contributed by atoms with van der Waals surface area (Å²) in [6, 6.07) is 8.60. The maximum Gasteiger partial charge on any atom is 0.119 e. The van der Waals surface area contributed by atoms with Crippen molar-refractivity contribution in [2.75, 3.05) is 13.1 Å². The fourth-order valence-electron chi connectivity index (χ4n) is 2.28. The Morgan fingerprint density at radius 2 is 1.82 bits per heavy atom. The van der Waals surface area contributed by atoms with Crippen molar-refractivity contribution in [3.63, 3.8) is 0 Å². The van der Waals surface area contributed by atoms with E-state index in [-0.39, 0.29) is 0 Å². The average Bonchev–Trinajstić information content (AvgIpc) is 2.32. The Morgan fingerprint density at radius 3 is 2.41 bits per heavy atom. The molecule has 17 heavy (non-hydrogen) atoms. The third-order valence-electron chi connectivity index (χ3n) is 3.16. The van der Waals surface area contributed by atoms with Gasteiger partial charge in [-0.1, -0.05) is 26.0 Å². The van der Waals surface area contributed by atoms with Crippen LogP contribution in [0.2, 0.25) is 0 Å². The first kappa shape index (κ1) is 12.4. The van der Waals surface area contributed by atoms with Crippen LogP contribution in [0, 0.1) is 5.92 Å². The maximum absolute atomic E-state index is 5.98. The van der Waals surface area contributed by atoms with Gasteiger partial charge in [0.05, 0.1) is 0 Å². The van der Waals surface area contributed by atoms with E-state index < -0.39 is 0 Å². The van der Waals surface area contributed by atoms with E-state index in [9.17, 15) is 0 Å². The molecule has 0 atom stereocenters. The lowest BCUT2D eigenvalue weighted by molar-refractivity contribution is 0.162. The minimum Gasteiger partial charge on any atom is -0.490 e. The van der Waals surface area contributed by atoms with Crippen LogP contribution in [0.5, 0.6) is 5.75 Å². The molecule has 1 aromatic carbocycles. The first-order chi connectivity index (χ1) is 8.24. The van der Waals surface area contributed by atoms with Gasteiger partial charge in [-0.05, 0) is 56.0 Å². The zero-order chi connectivity index (χ0) is 12.1. The topological polar surface area (TPSA) is 21.3 Å². The second-order valence-corrected chi connectivity index (χ2v) is 5.31. The molecule has 1 N–H and O–H groups in total. The molecule has 1 aliphatic heterocycles. The summed E-state index contributed by atoms with van der Waals surface area (Å²) in [5.41, 5.74) is 1.40. The monoisotopic (exact) mass is 233 g/mol. The number of hydrogen-bond acceptors (Lipinski definition) is 2. The number of hydrogen-bond donors (Lipinski definition) is 1. The Balaban J connectivity index is 1.88. The third kappa shape index (κ3) is 4.04. The molecule has 1 aromatic rings. The molecule has 0 bridgehead atoms. The van der Waals surface area contributed by atoms with E-state index in [0.29, 0.717) is 12.0 Å². The summed E-state index contributed by atoms with van der Waals surface area (Å²) in [5, 5.41) is 3.35. The largest absolute Gasteiger partial charge is 0.490 e. The fraction of sp³-hybridized carbons (Fsp3) is 0.600. The van der Waals surface area contributed by atoms with Crippen molar-refractivity contribution in [1.29, 1.82) is 0 Å². The zero-order valence-electron chi connectivity index (χ0n) is 10.9. The molecule has 2 heteroatoms. The number of nitrogens with one attached hydrogen (secondary N) is 1. The molecule has 0 aliphatic carbocycles. The lowest BCUT2D eigenvalue weighted by atomic mass is 10.0. The smallest absolute Gasteiger partial charge is 0.119 e. The second-order valence-electron chi connectivity index (χ2n) is 5.31. The summed E-state index contributed by atoms with van der Waals surface area (Å²) in [4.78, 5) is 0. The molecule has 2 rings (SSSR count). The van der Waals surface area contributed by atoms with Gasteiger partial charge < -0.3 is 10.1 Å². The highest BCUT2D eigenvalue weighted by molar-refractivity contribution is 5.27. The van der Waals surface area contributed by atoms with Gasteiger partial charge >= 0.3 is 0 Å². The van der Waals surface area contributed by atoms with Crippen molar-refractivity contribution in [1.82, 2.24) is 5.32 Å². The molecule has 1 aliphatic rings. The van der Waals surface area contributed by atoms with Crippen LogP contribution in [-0.2, 0) is 6.42 Å². The van der Waals surface area contributed by atoms with Gasteiger partial charge in [0, 0.05) is 0 Å². The Hall–Kier alpha value is -1.02. The highest BCUT2D eigenvalue weighted by Gasteiger charge is 2.14. The van der Waals surface area contributed by atoms with Crippen LogP contribution in [0.1, 0.15) is 32.3 Å². The Kier molecular flexibility index (Phi) is 4.43. The van der Waals surface area contributed by atoms with Gasteiger partial charge in [-0.3, -0.25) is 0 Å². The van der Waals surface area contributed by atoms with E-state index in [4.69, 9.17) is 4.74 Å². The molecular formula is C15H23NO. The molecule has 0 radical (unpaired) electrons. The van der Waals surface area contributed by atoms with Crippen LogP contribution in [-0.4, -0.2) is 19.2 Å². The van der Waals surface area contributed by atoms with Crippen LogP contribution in [0.4, 0.5) is 0 Å². The molecule has 2 nitrogen and oxygen atoms in total. The molecule has 0 aromatic heterocycles. The molecule has 0 amide bonds. The first-order valence-electron chi connectivity index (χ1n) is 6.70. The number of benzene rings is 1. The zero-order valence-corrected chi connectivity index (χ0v) is 10.9. The number of piperidine rings is 1. The highest BCUT2D eigenvalue weighted by Crippen LogP contribution is 2.18. The van der Waals surface area contributed by atoms with Gasteiger partial charge in [0.1, 0.15) is 11.9 Å². The highest BCUT2D eigenvalue weighted by atomic mass is 16.5. The van der Waals surface area contributed by atoms with Crippen molar-refractivity contribution < 1.29 is 4.74 Å². The Labute approximate surface area is 104 Å². The Morgan fingerprint density at radius 1 is 1.18 bits per heavy atom. The van der Waals surface area contributed by atoms with Gasteiger partial charge in [-0.15, -0.1) is 0 Å². The van der Waals surface area contributed by atoms with Gasteiger partial charge in [0.15, 0.2) is 0 Å². The predicted molar refractivity (Wildman–Crippen MR) is 71.5 cm³/mol. The summed E-state index contributed by atoms with van der Waals surface area (Å²) in [6.07, 6.45) is 3.78. The van der Waals surface area contributed by atoms with E-state index in [1.807, 2.05) is 0 Å². The van der Waals surface area contributed by atoms with E-state index >= 15 is 0 Å². The lowest BCUT2D eigenvalue weighted by Gasteiger charge is -2.23. The molecule has 1 heterocycles. The molecule has 0 spiro atoms. The van der Waals surface area contributed by atoms with Crippen LogP contribution >= 0.6 is 0 Å².